The molecule has 0 spiro atoms. The summed E-state index contributed by atoms with van der Waals surface area (Å²) in [4.78, 5) is 2.40. The Balaban J connectivity index is 2.45. The highest BCUT2D eigenvalue weighted by Crippen LogP contribution is 2.08. The Hall–Kier alpha value is -1.44. The predicted molar refractivity (Wildman–Crippen MR) is 79.8 cm³/mol. The zero-order valence-corrected chi connectivity index (χ0v) is 12.8. The Morgan fingerprint density at radius 2 is 1.85 bits per heavy atom. The molecular formula is C16H24FN3. The van der Waals surface area contributed by atoms with E-state index in [9.17, 15) is 4.39 Å². The van der Waals surface area contributed by atoms with E-state index in [1.54, 1.807) is 6.07 Å². The van der Waals surface area contributed by atoms with E-state index in [-0.39, 0.29) is 5.82 Å². The van der Waals surface area contributed by atoms with Gasteiger partial charge in [-0.15, -0.1) is 0 Å². The molecule has 0 aromatic heterocycles. The summed E-state index contributed by atoms with van der Waals surface area (Å²) in [5.74, 6) is -0.355. The topological polar surface area (TPSA) is 39.1 Å². The molecule has 0 saturated carbocycles. The molecule has 4 heteroatoms. The van der Waals surface area contributed by atoms with Crippen molar-refractivity contribution in [2.45, 2.75) is 46.3 Å². The normalized spacial score (nSPS) is 11.3. The number of benzene rings is 1. The molecular weight excluding hydrogens is 253 g/mol. The molecule has 110 valence electrons. The molecule has 3 nitrogen and oxygen atoms in total. The zero-order valence-electron chi connectivity index (χ0n) is 12.8. The van der Waals surface area contributed by atoms with E-state index in [4.69, 9.17) is 5.26 Å². The van der Waals surface area contributed by atoms with E-state index in [1.807, 2.05) is 6.07 Å². The smallest absolute Gasteiger partial charge is 0.124 e. The van der Waals surface area contributed by atoms with E-state index in [0.29, 0.717) is 24.2 Å². The molecule has 0 saturated heterocycles. The van der Waals surface area contributed by atoms with Crippen molar-refractivity contribution in [1.82, 2.24) is 10.2 Å². The van der Waals surface area contributed by atoms with Gasteiger partial charge >= 0.3 is 0 Å². The van der Waals surface area contributed by atoms with Crippen molar-refractivity contribution in [3.63, 3.8) is 0 Å². The SMILES string of the molecule is CC(C)N(CCNCc1cc(F)cc(C#N)c1)C(C)C. The number of halogens is 1. The molecule has 1 aromatic rings. The summed E-state index contributed by atoms with van der Waals surface area (Å²) in [7, 11) is 0. The maximum absolute atomic E-state index is 13.3. The van der Waals surface area contributed by atoms with Gasteiger partial charge in [0, 0.05) is 31.7 Å². The second-order valence-electron chi connectivity index (χ2n) is 5.56. The van der Waals surface area contributed by atoms with Crippen LogP contribution in [-0.2, 0) is 6.54 Å². The van der Waals surface area contributed by atoms with Crippen LogP contribution >= 0.6 is 0 Å². The molecule has 0 fully saturated rings. The number of hydrogen-bond acceptors (Lipinski definition) is 3. The fourth-order valence-electron chi connectivity index (χ4n) is 2.37. The van der Waals surface area contributed by atoms with E-state index < -0.39 is 0 Å². The molecule has 0 bridgehead atoms. The largest absolute Gasteiger partial charge is 0.311 e. The van der Waals surface area contributed by atoms with Gasteiger partial charge in [0.05, 0.1) is 11.6 Å². The molecule has 0 aliphatic heterocycles. The van der Waals surface area contributed by atoms with E-state index in [1.165, 1.54) is 12.1 Å². The third kappa shape index (κ3) is 5.28. The minimum atomic E-state index is -0.355. The number of nitrogens with zero attached hydrogens (tertiary/aromatic N) is 2. The Morgan fingerprint density at radius 3 is 2.40 bits per heavy atom. The summed E-state index contributed by atoms with van der Waals surface area (Å²) in [6.07, 6.45) is 0. The molecule has 1 rings (SSSR count). The number of hydrogen-bond donors (Lipinski definition) is 1. The molecule has 0 unspecified atom stereocenters. The van der Waals surface area contributed by atoms with Gasteiger partial charge in [-0.2, -0.15) is 5.26 Å². The first kappa shape index (κ1) is 16.6. The van der Waals surface area contributed by atoms with Gasteiger partial charge in [-0.25, -0.2) is 4.39 Å². The maximum atomic E-state index is 13.3. The van der Waals surface area contributed by atoms with Crippen LogP contribution in [0, 0.1) is 17.1 Å². The standard InChI is InChI=1S/C16H24FN3/c1-12(2)20(13(3)4)6-5-19-11-15-7-14(10-18)8-16(17)9-15/h7-9,12-13,19H,5-6,11H2,1-4H3. The van der Waals surface area contributed by atoms with Crippen LogP contribution in [0.25, 0.3) is 0 Å². The van der Waals surface area contributed by atoms with E-state index in [2.05, 4.69) is 37.9 Å². The van der Waals surface area contributed by atoms with Crippen LogP contribution in [0.15, 0.2) is 18.2 Å². The lowest BCUT2D eigenvalue weighted by Gasteiger charge is -2.30. The third-order valence-corrected chi connectivity index (χ3v) is 3.29. The Kier molecular flexibility index (Phi) is 6.63. The van der Waals surface area contributed by atoms with Crippen molar-refractivity contribution in [3.8, 4) is 6.07 Å². The first-order valence-corrected chi connectivity index (χ1v) is 7.10. The number of rotatable bonds is 7. The highest BCUT2D eigenvalue weighted by atomic mass is 19.1. The molecule has 20 heavy (non-hydrogen) atoms. The van der Waals surface area contributed by atoms with Crippen LogP contribution in [0.3, 0.4) is 0 Å². The highest BCUT2D eigenvalue weighted by Gasteiger charge is 2.12. The lowest BCUT2D eigenvalue weighted by molar-refractivity contribution is 0.176. The maximum Gasteiger partial charge on any atom is 0.124 e. The monoisotopic (exact) mass is 277 g/mol. The Labute approximate surface area is 121 Å². The van der Waals surface area contributed by atoms with Gasteiger partial charge in [-0.05, 0) is 51.5 Å². The van der Waals surface area contributed by atoms with Gasteiger partial charge in [-0.1, -0.05) is 0 Å². The number of nitriles is 1. The average Bonchev–Trinajstić information content (AvgIpc) is 2.36. The quantitative estimate of drug-likeness (QED) is 0.779. The molecule has 1 N–H and O–H groups in total. The van der Waals surface area contributed by atoms with Gasteiger partial charge < -0.3 is 5.32 Å². The van der Waals surface area contributed by atoms with Crippen LogP contribution in [0.5, 0.6) is 0 Å². The fourth-order valence-corrected chi connectivity index (χ4v) is 2.37. The Bertz CT molecular complexity index is 455. The van der Waals surface area contributed by atoms with Gasteiger partial charge in [-0.3, -0.25) is 4.90 Å². The number of nitrogens with one attached hydrogen (secondary N) is 1. The summed E-state index contributed by atoms with van der Waals surface area (Å²) >= 11 is 0. The van der Waals surface area contributed by atoms with Crippen molar-refractivity contribution in [2.75, 3.05) is 13.1 Å². The van der Waals surface area contributed by atoms with Crippen molar-refractivity contribution in [2.24, 2.45) is 0 Å². The molecule has 0 aliphatic carbocycles. The lowest BCUT2D eigenvalue weighted by atomic mass is 10.1. The van der Waals surface area contributed by atoms with Gasteiger partial charge in [0.15, 0.2) is 0 Å². The van der Waals surface area contributed by atoms with Gasteiger partial charge in [0.25, 0.3) is 0 Å². The van der Waals surface area contributed by atoms with Crippen molar-refractivity contribution in [1.29, 1.82) is 5.26 Å². The fraction of sp³-hybridized carbons (Fsp3) is 0.562. The zero-order chi connectivity index (χ0) is 15.1. The third-order valence-electron chi connectivity index (χ3n) is 3.29. The van der Waals surface area contributed by atoms with Crippen LogP contribution in [-0.4, -0.2) is 30.1 Å². The minimum Gasteiger partial charge on any atom is -0.311 e. The molecule has 0 radical (unpaired) electrons. The van der Waals surface area contributed by atoms with Crippen molar-refractivity contribution >= 4 is 0 Å². The predicted octanol–water partition coefficient (Wildman–Crippen LogP) is 2.91. The second kappa shape index (κ2) is 7.98. The molecule has 0 atom stereocenters. The van der Waals surface area contributed by atoms with E-state index in [0.717, 1.165) is 18.7 Å². The van der Waals surface area contributed by atoms with Crippen molar-refractivity contribution in [3.05, 3.63) is 35.1 Å². The molecule has 0 amide bonds. The first-order chi connectivity index (χ1) is 9.43. The molecule has 0 heterocycles. The summed E-state index contributed by atoms with van der Waals surface area (Å²) in [5, 5.41) is 12.1. The average molecular weight is 277 g/mol. The minimum absolute atomic E-state index is 0.355. The molecule has 1 aromatic carbocycles. The summed E-state index contributed by atoms with van der Waals surface area (Å²) in [5.41, 5.74) is 1.18. The summed E-state index contributed by atoms with van der Waals surface area (Å²) in [6.45, 7) is 11.1. The first-order valence-electron chi connectivity index (χ1n) is 7.10. The summed E-state index contributed by atoms with van der Waals surface area (Å²) < 4.78 is 13.3. The lowest BCUT2D eigenvalue weighted by Crippen LogP contribution is -2.41. The van der Waals surface area contributed by atoms with Crippen molar-refractivity contribution < 1.29 is 4.39 Å². The van der Waals surface area contributed by atoms with Crippen LogP contribution in [0.2, 0.25) is 0 Å². The second-order valence-corrected chi connectivity index (χ2v) is 5.56. The van der Waals surface area contributed by atoms with Gasteiger partial charge in [0.1, 0.15) is 5.82 Å². The van der Waals surface area contributed by atoms with E-state index >= 15 is 0 Å². The summed E-state index contributed by atoms with van der Waals surface area (Å²) in [6, 6.07) is 7.43. The van der Waals surface area contributed by atoms with Crippen LogP contribution in [0.4, 0.5) is 4.39 Å². The van der Waals surface area contributed by atoms with Crippen LogP contribution < -0.4 is 5.32 Å². The van der Waals surface area contributed by atoms with Gasteiger partial charge in [0.2, 0.25) is 0 Å². The Morgan fingerprint density at radius 1 is 1.20 bits per heavy atom. The highest BCUT2D eigenvalue weighted by molar-refractivity contribution is 5.33. The van der Waals surface area contributed by atoms with Crippen LogP contribution in [0.1, 0.15) is 38.8 Å². The molecule has 0 aliphatic rings.